The van der Waals surface area contributed by atoms with Gasteiger partial charge in [0.15, 0.2) is 0 Å². The first-order valence-electron chi connectivity index (χ1n) is 15.3. The van der Waals surface area contributed by atoms with Crippen molar-refractivity contribution in [3.8, 4) is 0 Å². The zero-order chi connectivity index (χ0) is 32.6. The summed E-state index contributed by atoms with van der Waals surface area (Å²) in [5.41, 5.74) is 9.70. The molecule has 46 heavy (non-hydrogen) atoms. The minimum Gasteiger partial charge on any atom is -0.481 e. The predicted molar refractivity (Wildman–Crippen MR) is 176 cm³/mol. The van der Waals surface area contributed by atoms with Crippen LogP contribution < -0.4 is 11.1 Å². The molecule has 5 aromatic rings. The SMILES string of the molecule is Cc1ccc(Cn2c(C(=O)N[C@@H](CCCC(=O)O)C(=O)O[C@H](CC(N)=O)Cc3ccc4ccccc4c3)cc3ccccc32)cc1. The van der Waals surface area contributed by atoms with Crippen LogP contribution in [0.25, 0.3) is 21.7 Å². The van der Waals surface area contributed by atoms with Gasteiger partial charge in [-0.2, -0.15) is 0 Å². The average molecular weight is 620 g/mol. The number of benzene rings is 4. The molecule has 4 aromatic carbocycles. The van der Waals surface area contributed by atoms with E-state index in [1.54, 1.807) is 6.07 Å². The van der Waals surface area contributed by atoms with Crippen molar-refractivity contribution < 1.29 is 29.0 Å². The van der Waals surface area contributed by atoms with Crippen molar-refractivity contribution in [3.05, 3.63) is 119 Å². The van der Waals surface area contributed by atoms with Crippen molar-refractivity contribution in [2.75, 3.05) is 0 Å². The van der Waals surface area contributed by atoms with Crippen LogP contribution in [0, 0.1) is 6.92 Å². The summed E-state index contributed by atoms with van der Waals surface area (Å²) < 4.78 is 7.71. The molecular weight excluding hydrogens is 582 g/mol. The Kier molecular flexibility index (Phi) is 10.1. The normalized spacial score (nSPS) is 12.5. The number of aromatic nitrogens is 1. The molecule has 0 fully saturated rings. The molecule has 0 aliphatic heterocycles. The Hall–Kier alpha value is -5.44. The summed E-state index contributed by atoms with van der Waals surface area (Å²) in [4.78, 5) is 50.7. The summed E-state index contributed by atoms with van der Waals surface area (Å²) in [5, 5.41) is 14.9. The van der Waals surface area contributed by atoms with Crippen LogP contribution in [-0.2, 0) is 32.1 Å². The van der Waals surface area contributed by atoms with Gasteiger partial charge in [-0.05, 0) is 53.8 Å². The van der Waals surface area contributed by atoms with Crippen LogP contribution in [0.2, 0.25) is 0 Å². The Morgan fingerprint density at radius 2 is 1.52 bits per heavy atom. The molecule has 236 valence electrons. The minimum absolute atomic E-state index is 0.0360. The number of hydrogen-bond acceptors (Lipinski definition) is 5. The lowest BCUT2D eigenvalue weighted by Gasteiger charge is -2.23. The molecule has 9 nitrogen and oxygen atoms in total. The van der Waals surface area contributed by atoms with Crippen molar-refractivity contribution in [1.29, 1.82) is 0 Å². The molecule has 1 heterocycles. The highest BCUT2D eigenvalue weighted by Gasteiger charge is 2.28. The molecule has 2 atom stereocenters. The number of ether oxygens (including phenoxy) is 1. The van der Waals surface area contributed by atoms with Crippen molar-refractivity contribution in [2.45, 2.75) is 57.7 Å². The van der Waals surface area contributed by atoms with Gasteiger partial charge >= 0.3 is 11.9 Å². The number of hydrogen-bond donors (Lipinski definition) is 3. The molecule has 0 aliphatic carbocycles. The number of nitrogens with two attached hydrogens (primary N) is 1. The Morgan fingerprint density at radius 1 is 0.848 bits per heavy atom. The standard InChI is InChI=1S/C37H37N3O6/c1-24-13-15-25(16-14-24)23-40-32-11-5-4-9-29(32)21-33(40)36(44)39-31(10-6-12-35(42)43)37(45)46-30(22-34(38)41)20-26-17-18-27-7-2-3-8-28(27)19-26/h2-5,7-9,11,13-19,21,30-31H,6,10,12,20,22-23H2,1H3,(H2,38,41)(H,39,44)(H,42,43)/t30-,31-/m0/s1. The number of fused-ring (bicyclic) bond motifs is 2. The first-order chi connectivity index (χ1) is 22.2. The van der Waals surface area contributed by atoms with E-state index >= 15 is 0 Å². The largest absolute Gasteiger partial charge is 0.481 e. The van der Waals surface area contributed by atoms with Gasteiger partial charge in [-0.1, -0.05) is 90.5 Å². The van der Waals surface area contributed by atoms with Crippen LogP contribution >= 0.6 is 0 Å². The van der Waals surface area contributed by atoms with Crippen LogP contribution in [0.5, 0.6) is 0 Å². The number of carboxylic acids is 1. The highest BCUT2D eigenvalue weighted by molar-refractivity contribution is 6.00. The highest BCUT2D eigenvalue weighted by Crippen LogP contribution is 2.23. The van der Waals surface area contributed by atoms with Gasteiger partial charge in [0.2, 0.25) is 5.91 Å². The van der Waals surface area contributed by atoms with Gasteiger partial charge in [0.25, 0.3) is 5.91 Å². The lowest BCUT2D eigenvalue weighted by atomic mass is 10.0. The molecule has 4 N–H and O–H groups in total. The summed E-state index contributed by atoms with van der Waals surface area (Å²) in [6.45, 7) is 2.43. The topological polar surface area (TPSA) is 141 Å². The number of aryl methyl sites for hydroxylation is 1. The van der Waals surface area contributed by atoms with Gasteiger partial charge < -0.3 is 25.5 Å². The van der Waals surface area contributed by atoms with Gasteiger partial charge in [0, 0.05) is 30.3 Å². The van der Waals surface area contributed by atoms with Gasteiger partial charge in [0.05, 0.1) is 6.42 Å². The van der Waals surface area contributed by atoms with Crippen LogP contribution in [-0.4, -0.2) is 45.6 Å². The quantitative estimate of drug-likeness (QED) is 0.140. The van der Waals surface area contributed by atoms with Crippen LogP contribution in [0.15, 0.2) is 97.1 Å². The Balaban J connectivity index is 1.38. The second kappa shape index (κ2) is 14.6. The lowest BCUT2D eigenvalue weighted by Crippen LogP contribution is -2.44. The summed E-state index contributed by atoms with van der Waals surface area (Å²) in [6.07, 6.45) is -0.867. The lowest BCUT2D eigenvalue weighted by molar-refractivity contribution is -0.153. The zero-order valence-corrected chi connectivity index (χ0v) is 25.6. The van der Waals surface area contributed by atoms with Crippen molar-refractivity contribution in [2.24, 2.45) is 5.73 Å². The second-order valence-electron chi connectivity index (χ2n) is 11.6. The number of carboxylic acid groups (broad SMARTS) is 1. The van der Waals surface area contributed by atoms with Crippen molar-refractivity contribution in [3.63, 3.8) is 0 Å². The summed E-state index contributed by atoms with van der Waals surface area (Å²) in [6, 6.07) is 30.0. The van der Waals surface area contributed by atoms with Gasteiger partial charge in [0.1, 0.15) is 17.8 Å². The number of nitrogens with zero attached hydrogens (tertiary/aromatic N) is 1. The van der Waals surface area contributed by atoms with Crippen molar-refractivity contribution in [1.82, 2.24) is 9.88 Å². The number of amides is 2. The molecule has 0 aliphatic rings. The number of primary amides is 1. The number of aliphatic carboxylic acids is 1. The maximum atomic E-state index is 13.8. The minimum atomic E-state index is -1.15. The summed E-state index contributed by atoms with van der Waals surface area (Å²) >= 11 is 0. The van der Waals surface area contributed by atoms with Gasteiger partial charge in [-0.25, -0.2) is 4.79 Å². The molecule has 9 heteroatoms. The monoisotopic (exact) mass is 619 g/mol. The first-order valence-corrected chi connectivity index (χ1v) is 15.3. The molecule has 0 saturated carbocycles. The molecule has 0 radical (unpaired) electrons. The highest BCUT2D eigenvalue weighted by atomic mass is 16.5. The van der Waals surface area contributed by atoms with E-state index in [0.29, 0.717) is 12.2 Å². The maximum Gasteiger partial charge on any atom is 0.328 e. The van der Waals surface area contributed by atoms with E-state index < -0.39 is 35.9 Å². The third-order valence-corrected chi connectivity index (χ3v) is 7.97. The molecule has 0 bridgehead atoms. The van der Waals surface area contributed by atoms with E-state index in [2.05, 4.69) is 5.32 Å². The molecule has 2 amide bonds. The first kappa shape index (κ1) is 32.0. The summed E-state index contributed by atoms with van der Waals surface area (Å²) in [7, 11) is 0. The van der Waals surface area contributed by atoms with Crippen LogP contribution in [0.4, 0.5) is 0 Å². The molecule has 1 aromatic heterocycles. The summed E-state index contributed by atoms with van der Waals surface area (Å²) in [5.74, 6) is -2.90. The van der Waals surface area contributed by atoms with E-state index in [-0.39, 0.29) is 32.1 Å². The molecule has 0 spiro atoms. The Labute approximate surface area is 267 Å². The zero-order valence-electron chi connectivity index (χ0n) is 25.6. The van der Waals surface area contributed by atoms with Crippen molar-refractivity contribution >= 4 is 45.4 Å². The Bertz CT molecular complexity index is 1880. The number of carbonyl (C=O) groups excluding carboxylic acids is 3. The number of rotatable bonds is 14. The predicted octanol–water partition coefficient (Wildman–Crippen LogP) is 5.53. The molecule has 0 unspecified atom stereocenters. The fourth-order valence-electron chi connectivity index (χ4n) is 5.64. The third-order valence-electron chi connectivity index (χ3n) is 7.97. The van der Waals surface area contributed by atoms with E-state index in [1.165, 1.54) is 0 Å². The number of carbonyl (C=O) groups is 4. The van der Waals surface area contributed by atoms with E-state index in [4.69, 9.17) is 10.5 Å². The van der Waals surface area contributed by atoms with E-state index in [0.717, 1.165) is 38.4 Å². The maximum absolute atomic E-state index is 13.8. The number of nitrogens with one attached hydrogen (secondary N) is 1. The van der Waals surface area contributed by atoms with Crippen LogP contribution in [0.1, 0.15) is 52.9 Å². The number of para-hydroxylation sites is 1. The molecule has 5 rings (SSSR count). The van der Waals surface area contributed by atoms with E-state index in [9.17, 15) is 24.3 Å². The third kappa shape index (κ3) is 8.18. The molecule has 0 saturated heterocycles. The van der Waals surface area contributed by atoms with Crippen LogP contribution in [0.3, 0.4) is 0 Å². The van der Waals surface area contributed by atoms with Gasteiger partial charge in [-0.15, -0.1) is 0 Å². The Morgan fingerprint density at radius 3 is 2.24 bits per heavy atom. The fraction of sp³-hybridized carbons (Fsp3) is 0.243. The van der Waals surface area contributed by atoms with E-state index in [1.807, 2.05) is 102 Å². The van der Waals surface area contributed by atoms with Gasteiger partial charge in [-0.3, -0.25) is 14.4 Å². The second-order valence-corrected chi connectivity index (χ2v) is 11.6. The fourth-order valence-corrected chi connectivity index (χ4v) is 5.64. The number of esters is 1. The molecular formula is C37H37N3O6. The smallest absolute Gasteiger partial charge is 0.328 e. The average Bonchev–Trinajstić information content (AvgIpc) is 3.39.